The summed E-state index contributed by atoms with van der Waals surface area (Å²) in [4.78, 5) is 29.0. The predicted octanol–water partition coefficient (Wildman–Crippen LogP) is 5.89. The Morgan fingerprint density at radius 2 is 1.88 bits per heavy atom. The van der Waals surface area contributed by atoms with E-state index in [1.165, 1.54) is 0 Å². The summed E-state index contributed by atoms with van der Waals surface area (Å²) in [5.41, 5.74) is 4.78. The van der Waals surface area contributed by atoms with Crippen LogP contribution in [0.25, 0.3) is 22.3 Å². The molecule has 168 valence electrons. The van der Waals surface area contributed by atoms with Gasteiger partial charge in [0, 0.05) is 27.9 Å². The Balaban J connectivity index is 1.77. The molecule has 0 atom stereocenters. The van der Waals surface area contributed by atoms with Gasteiger partial charge < -0.3 is 19.2 Å². The van der Waals surface area contributed by atoms with Crippen LogP contribution >= 0.6 is 15.9 Å². The van der Waals surface area contributed by atoms with Gasteiger partial charge in [-0.15, -0.1) is 0 Å². The van der Waals surface area contributed by atoms with Gasteiger partial charge in [-0.2, -0.15) is 0 Å². The van der Waals surface area contributed by atoms with Crippen LogP contribution in [0.3, 0.4) is 0 Å². The van der Waals surface area contributed by atoms with Crippen LogP contribution in [0, 0.1) is 0 Å². The lowest BCUT2D eigenvalue weighted by Gasteiger charge is -2.14. The van der Waals surface area contributed by atoms with Gasteiger partial charge in [-0.3, -0.25) is 0 Å². The summed E-state index contributed by atoms with van der Waals surface area (Å²) in [6, 6.07) is 8.65. The van der Waals surface area contributed by atoms with Crippen molar-refractivity contribution in [2.24, 2.45) is 0 Å². The average Bonchev–Trinajstić information content (AvgIpc) is 3.53. The highest BCUT2D eigenvalue weighted by Crippen LogP contribution is 2.48. The molecule has 5 rings (SSSR count). The molecule has 8 heteroatoms. The minimum absolute atomic E-state index is 0.171. The molecule has 3 aliphatic rings. The van der Waals surface area contributed by atoms with E-state index >= 15 is 0 Å². The van der Waals surface area contributed by atoms with Gasteiger partial charge in [0.05, 0.1) is 30.3 Å². The Morgan fingerprint density at radius 1 is 1.12 bits per heavy atom. The van der Waals surface area contributed by atoms with Crippen LogP contribution in [0.15, 0.2) is 51.7 Å². The summed E-state index contributed by atoms with van der Waals surface area (Å²) in [5.74, 6) is -1.13. The number of nitrogens with zero attached hydrogens (tertiary/aromatic N) is 2. The van der Waals surface area contributed by atoms with Crippen molar-refractivity contribution < 1.29 is 24.2 Å². The highest BCUT2D eigenvalue weighted by Gasteiger charge is 2.35. The Bertz CT molecular complexity index is 1370. The van der Waals surface area contributed by atoms with Crippen LogP contribution < -0.4 is 0 Å². The molecule has 2 aliphatic carbocycles. The number of carbonyl (C=O) groups is 2. The lowest BCUT2D eigenvalue weighted by Crippen LogP contribution is -2.14. The van der Waals surface area contributed by atoms with E-state index in [1.54, 1.807) is 41.4 Å². The van der Waals surface area contributed by atoms with Crippen LogP contribution in [0.2, 0.25) is 0 Å². The fourth-order valence-electron chi connectivity index (χ4n) is 4.52. The second-order valence-corrected chi connectivity index (χ2v) is 8.98. The Kier molecular flexibility index (Phi) is 5.32. The van der Waals surface area contributed by atoms with Gasteiger partial charge in [0.2, 0.25) is 0 Å². The first kappa shape index (κ1) is 21.5. The van der Waals surface area contributed by atoms with Gasteiger partial charge in [-0.25, -0.2) is 14.6 Å². The summed E-state index contributed by atoms with van der Waals surface area (Å²) in [6.07, 6.45) is 5.66. The van der Waals surface area contributed by atoms with Crippen molar-refractivity contribution in [1.82, 2.24) is 9.55 Å². The van der Waals surface area contributed by atoms with Gasteiger partial charge in [0.1, 0.15) is 5.82 Å². The van der Waals surface area contributed by atoms with Crippen LogP contribution in [0.1, 0.15) is 63.6 Å². The third-order valence-corrected chi connectivity index (χ3v) is 7.00. The third-order valence-electron chi connectivity index (χ3n) is 6.17. The highest BCUT2D eigenvalue weighted by atomic mass is 79.9. The first-order chi connectivity index (χ1) is 15.9. The predicted molar refractivity (Wildman–Crippen MR) is 125 cm³/mol. The molecule has 1 saturated carbocycles. The summed E-state index contributed by atoms with van der Waals surface area (Å²) < 4.78 is 7.88. The highest BCUT2D eigenvalue weighted by molar-refractivity contribution is 9.10. The first-order valence-corrected chi connectivity index (χ1v) is 11.5. The van der Waals surface area contributed by atoms with Gasteiger partial charge in [0.15, 0.2) is 5.69 Å². The largest absolute Gasteiger partial charge is 0.478 e. The normalized spacial score (nSPS) is 13.5. The molecule has 0 saturated heterocycles. The van der Waals surface area contributed by atoms with Crippen molar-refractivity contribution in [2.45, 2.75) is 38.6 Å². The Hall–Kier alpha value is -3.39. The molecule has 7 nitrogen and oxygen atoms in total. The number of halogens is 1. The van der Waals surface area contributed by atoms with E-state index in [0.29, 0.717) is 33.5 Å². The molecule has 2 aromatic rings. The molecule has 33 heavy (non-hydrogen) atoms. The fourth-order valence-corrected chi connectivity index (χ4v) is 5.28. The van der Waals surface area contributed by atoms with Gasteiger partial charge in [-0.1, -0.05) is 25.1 Å². The fraction of sp³-hybridized carbons (Fsp3) is 0.240. The molecule has 2 heterocycles. The number of imidazole rings is 1. The van der Waals surface area contributed by atoms with Crippen molar-refractivity contribution in [1.29, 1.82) is 0 Å². The van der Waals surface area contributed by atoms with Crippen LogP contribution in [-0.4, -0.2) is 31.7 Å². The lowest BCUT2D eigenvalue weighted by molar-refractivity contribution is 0.0678. The van der Waals surface area contributed by atoms with Crippen LogP contribution in [0.5, 0.6) is 0 Å². The van der Waals surface area contributed by atoms with Crippen LogP contribution in [-0.2, 0) is 13.0 Å². The number of hydrogen-bond acceptors (Lipinski definition) is 4. The SMILES string of the molecule is CCc1nc(C2CC2)c(C(=O)O)n1Cc1c2ccocc-2c(Br)c1-c1ccccc1C(=O)O. The zero-order valence-corrected chi connectivity index (χ0v) is 19.4. The molecule has 1 fully saturated rings. The molecule has 1 aliphatic heterocycles. The van der Waals surface area contributed by atoms with Gasteiger partial charge >= 0.3 is 11.9 Å². The molecule has 0 radical (unpaired) electrons. The second kappa shape index (κ2) is 8.19. The van der Waals surface area contributed by atoms with E-state index in [1.807, 2.05) is 13.0 Å². The van der Waals surface area contributed by atoms with E-state index in [0.717, 1.165) is 29.5 Å². The van der Waals surface area contributed by atoms with Crippen molar-refractivity contribution >= 4 is 27.9 Å². The Labute approximate surface area is 198 Å². The zero-order valence-electron chi connectivity index (χ0n) is 17.8. The van der Waals surface area contributed by atoms with E-state index in [2.05, 4.69) is 15.9 Å². The van der Waals surface area contributed by atoms with Crippen molar-refractivity contribution in [3.8, 4) is 22.3 Å². The van der Waals surface area contributed by atoms with Crippen molar-refractivity contribution in [3.63, 3.8) is 0 Å². The number of aromatic nitrogens is 2. The average molecular weight is 509 g/mol. The standard InChI is InChI=1S/C25H21BrN2O5/c1-2-19-27-22(13-7-8-13)23(25(31)32)28(19)11-17-14-9-10-33-12-18(14)21(26)20(17)15-5-3-4-6-16(15)24(29)30/h3-6,9-10,12-13H,2,7-8,11H2,1H3,(H,29,30)(H,31,32). The molecule has 1 aromatic carbocycles. The third kappa shape index (κ3) is 3.54. The van der Waals surface area contributed by atoms with Crippen molar-refractivity contribution in [2.75, 3.05) is 0 Å². The summed E-state index contributed by atoms with van der Waals surface area (Å²) in [7, 11) is 0. The molecular formula is C25H21BrN2O5. The minimum atomic E-state index is -1.03. The number of benzene rings is 1. The topological polar surface area (TPSA) is 106 Å². The number of rotatable bonds is 7. The monoisotopic (exact) mass is 508 g/mol. The second-order valence-electron chi connectivity index (χ2n) is 8.18. The lowest BCUT2D eigenvalue weighted by atomic mass is 9.98. The smallest absolute Gasteiger partial charge is 0.354 e. The number of carboxylic acid groups (broad SMARTS) is 2. The van der Waals surface area contributed by atoms with Crippen LogP contribution in [0.4, 0.5) is 0 Å². The molecule has 0 amide bonds. The quantitative estimate of drug-likeness (QED) is 0.322. The Morgan fingerprint density at radius 3 is 2.55 bits per heavy atom. The maximum absolute atomic E-state index is 12.3. The van der Waals surface area contributed by atoms with Gasteiger partial charge in [-0.05, 0) is 57.6 Å². The maximum Gasteiger partial charge on any atom is 0.354 e. The van der Waals surface area contributed by atoms with E-state index in [-0.39, 0.29) is 23.7 Å². The number of carboxylic acids is 2. The molecule has 1 aromatic heterocycles. The zero-order chi connectivity index (χ0) is 23.3. The summed E-state index contributed by atoms with van der Waals surface area (Å²) >= 11 is 3.66. The molecule has 0 unspecified atom stereocenters. The summed E-state index contributed by atoms with van der Waals surface area (Å²) in [5, 5.41) is 19.9. The van der Waals surface area contributed by atoms with Gasteiger partial charge in [0.25, 0.3) is 0 Å². The summed E-state index contributed by atoms with van der Waals surface area (Å²) in [6.45, 7) is 2.21. The van der Waals surface area contributed by atoms with E-state index in [4.69, 9.17) is 9.40 Å². The molecular weight excluding hydrogens is 488 g/mol. The number of aromatic carboxylic acids is 2. The van der Waals surface area contributed by atoms with E-state index in [9.17, 15) is 19.8 Å². The molecule has 0 spiro atoms. The minimum Gasteiger partial charge on any atom is -0.478 e. The number of aryl methyl sites for hydroxylation is 1. The molecule has 0 bridgehead atoms. The number of hydrogen-bond donors (Lipinski definition) is 2. The first-order valence-electron chi connectivity index (χ1n) is 10.7. The molecule has 2 N–H and O–H groups in total. The van der Waals surface area contributed by atoms with E-state index < -0.39 is 11.9 Å². The maximum atomic E-state index is 12.3. The number of fused-ring (bicyclic) bond motifs is 1. The van der Waals surface area contributed by atoms with Crippen molar-refractivity contribution in [3.05, 3.63) is 75.7 Å².